The third-order valence-corrected chi connectivity index (χ3v) is 1.69. The largest absolute Gasteiger partial charge is 0.355 e. The maximum Gasteiger partial charge on any atom is 0.185 e. The summed E-state index contributed by atoms with van der Waals surface area (Å²) in [5.74, 6) is -1.78. The topological polar surface area (TPSA) is 28.7 Å². The van der Waals surface area contributed by atoms with Gasteiger partial charge in [0.15, 0.2) is 11.6 Å². The molecule has 0 aliphatic rings. The summed E-state index contributed by atoms with van der Waals surface area (Å²) in [5, 5.41) is 0. The van der Waals surface area contributed by atoms with Gasteiger partial charge in [0.05, 0.1) is 5.69 Å². The van der Waals surface area contributed by atoms with E-state index < -0.39 is 11.6 Å². The first-order valence-electron chi connectivity index (χ1n) is 3.73. The van der Waals surface area contributed by atoms with E-state index in [2.05, 4.69) is 9.97 Å². The smallest absolute Gasteiger partial charge is 0.185 e. The van der Waals surface area contributed by atoms with E-state index in [1.54, 1.807) is 18.2 Å². The maximum absolute atomic E-state index is 13.0. The molecule has 0 aliphatic heterocycles. The predicted molar refractivity (Wildman–Crippen MR) is 43.9 cm³/mol. The fourth-order valence-corrected chi connectivity index (χ4v) is 1.08. The number of aromatic amines is 1. The SMILES string of the molecule is Fc1c[nH]c(-c2ccccn2)c1F. The summed E-state index contributed by atoms with van der Waals surface area (Å²) in [6, 6.07) is 5.02. The van der Waals surface area contributed by atoms with Crippen LogP contribution in [0.25, 0.3) is 11.4 Å². The minimum Gasteiger partial charge on any atom is -0.355 e. The van der Waals surface area contributed by atoms with Crippen LogP contribution < -0.4 is 0 Å². The fourth-order valence-electron chi connectivity index (χ4n) is 1.08. The lowest BCUT2D eigenvalue weighted by molar-refractivity contribution is 0.518. The normalized spacial score (nSPS) is 10.3. The van der Waals surface area contributed by atoms with Crippen LogP contribution in [-0.2, 0) is 0 Å². The van der Waals surface area contributed by atoms with Crippen molar-refractivity contribution < 1.29 is 8.78 Å². The van der Waals surface area contributed by atoms with Crippen LogP contribution in [0, 0.1) is 11.6 Å². The molecular weight excluding hydrogens is 174 g/mol. The lowest BCUT2D eigenvalue weighted by atomic mass is 10.3. The Morgan fingerprint density at radius 2 is 2.08 bits per heavy atom. The van der Waals surface area contributed by atoms with Gasteiger partial charge in [0.1, 0.15) is 5.69 Å². The van der Waals surface area contributed by atoms with Crippen LogP contribution >= 0.6 is 0 Å². The number of hydrogen-bond acceptors (Lipinski definition) is 1. The summed E-state index contributed by atoms with van der Waals surface area (Å²) in [4.78, 5) is 6.36. The Balaban J connectivity index is 2.53. The summed E-state index contributed by atoms with van der Waals surface area (Å²) >= 11 is 0. The van der Waals surface area contributed by atoms with Crippen LogP contribution in [-0.4, -0.2) is 9.97 Å². The van der Waals surface area contributed by atoms with E-state index in [4.69, 9.17) is 0 Å². The number of hydrogen-bond donors (Lipinski definition) is 1. The van der Waals surface area contributed by atoms with Crippen molar-refractivity contribution >= 4 is 0 Å². The monoisotopic (exact) mass is 180 g/mol. The molecule has 2 aromatic heterocycles. The zero-order valence-corrected chi connectivity index (χ0v) is 6.59. The molecule has 2 heterocycles. The van der Waals surface area contributed by atoms with Crippen LogP contribution in [0.2, 0.25) is 0 Å². The highest BCUT2D eigenvalue weighted by atomic mass is 19.2. The van der Waals surface area contributed by atoms with E-state index >= 15 is 0 Å². The first-order valence-corrected chi connectivity index (χ1v) is 3.73. The molecule has 0 aromatic carbocycles. The van der Waals surface area contributed by atoms with Gasteiger partial charge in [-0.3, -0.25) is 4.98 Å². The summed E-state index contributed by atoms with van der Waals surface area (Å²) < 4.78 is 25.6. The Kier molecular flexibility index (Phi) is 1.81. The zero-order chi connectivity index (χ0) is 9.26. The molecule has 0 fully saturated rings. The highest BCUT2D eigenvalue weighted by molar-refractivity contribution is 5.54. The van der Waals surface area contributed by atoms with Crippen LogP contribution in [0.4, 0.5) is 8.78 Å². The first-order chi connectivity index (χ1) is 6.29. The predicted octanol–water partition coefficient (Wildman–Crippen LogP) is 2.35. The second-order valence-electron chi connectivity index (χ2n) is 2.54. The molecule has 0 unspecified atom stereocenters. The Morgan fingerprint density at radius 3 is 2.62 bits per heavy atom. The van der Waals surface area contributed by atoms with Crippen LogP contribution in [0.3, 0.4) is 0 Å². The maximum atomic E-state index is 13.0. The fraction of sp³-hybridized carbons (Fsp3) is 0. The van der Waals surface area contributed by atoms with Crippen LogP contribution in [0.5, 0.6) is 0 Å². The Hall–Kier alpha value is -1.71. The molecule has 0 amide bonds. The van der Waals surface area contributed by atoms with Gasteiger partial charge in [0.25, 0.3) is 0 Å². The summed E-state index contributed by atoms with van der Waals surface area (Å²) in [7, 11) is 0. The average molecular weight is 180 g/mol. The zero-order valence-electron chi connectivity index (χ0n) is 6.59. The van der Waals surface area contributed by atoms with Crippen molar-refractivity contribution in [1.82, 2.24) is 9.97 Å². The van der Waals surface area contributed by atoms with Gasteiger partial charge in [-0.2, -0.15) is 0 Å². The number of rotatable bonds is 1. The number of halogens is 2. The third-order valence-electron chi connectivity index (χ3n) is 1.69. The van der Waals surface area contributed by atoms with Crippen LogP contribution in [0.15, 0.2) is 30.6 Å². The van der Waals surface area contributed by atoms with Gasteiger partial charge in [-0.15, -0.1) is 0 Å². The van der Waals surface area contributed by atoms with Gasteiger partial charge in [-0.1, -0.05) is 6.07 Å². The molecule has 0 aliphatic carbocycles. The van der Waals surface area contributed by atoms with Crippen molar-refractivity contribution in [2.45, 2.75) is 0 Å². The van der Waals surface area contributed by atoms with Crippen molar-refractivity contribution in [3.05, 3.63) is 42.2 Å². The van der Waals surface area contributed by atoms with Gasteiger partial charge < -0.3 is 4.98 Å². The first kappa shape index (κ1) is 7.91. The van der Waals surface area contributed by atoms with E-state index in [0.717, 1.165) is 6.20 Å². The van der Waals surface area contributed by atoms with Crippen molar-refractivity contribution in [1.29, 1.82) is 0 Å². The molecule has 66 valence electrons. The van der Waals surface area contributed by atoms with Crippen molar-refractivity contribution in [2.24, 2.45) is 0 Å². The van der Waals surface area contributed by atoms with Crippen molar-refractivity contribution in [3.8, 4) is 11.4 Å². The lowest BCUT2D eigenvalue weighted by Gasteiger charge is -1.95. The molecule has 1 N–H and O–H groups in total. The van der Waals surface area contributed by atoms with Crippen molar-refractivity contribution in [3.63, 3.8) is 0 Å². The summed E-state index contributed by atoms with van der Waals surface area (Å²) in [6.45, 7) is 0. The number of pyridine rings is 1. The van der Waals surface area contributed by atoms with Gasteiger partial charge in [0.2, 0.25) is 0 Å². The van der Waals surface area contributed by atoms with Crippen molar-refractivity contribution in [2.75, 3.05) is 0 Å². The Bertz CT molecular complexity index is 409. The molecule has 0 saturated carbocycles. The molecule has 0 atom stereocenters. The van der Waals surface area contributed by atoms with Gasteiger partial charge in [-0.05, 0) is 12.1 Å². The molecule has 4 heteroatoms. The number of nitrogens with one attached hydrogen (secondary N) is 1. The Morgan fingerprint density at radius 1 is 1.23 bits per heavy atom. The van der Waals surface area contributed by atoms with E-state index in [9.17, 15) is 8.78 Å². The van der Waals surface area contributed by atoms with E-state index in [1.807, 2.05) is 0 Å². The molecule has 0 saturated heterocycles. The third kappa shape index (κ3) is 1.30. The van der Waals surface area contributed by atoms with E-state index in [0.29, 0.717) is 5.69 Å². The quantitative estimate of drug-likeness (QED) is 0.716. The van der Waals surface area contributed by atoms with Gasteiger partial charge in [-0.25, -0.2) is 8.78 Å². The molecule has 2 rings (SSSR count). The lowest BCUT2D eigenvalue weighted by Crippen LogP contribution is -1.85. The van der Waals surface area contributed by atoms with E-state index in [1.165, 1.54) is 6.20 Å². The minimum absolute atomic E-state index is 0.0816. The standard InChI is InChI=1S/C9H6F2N2/c10-6-5-13-9(8(6)11)7-3-1-2-4-12-7/h1-5,13H. The minimum atomic E-state index is -0.890. The molecule has 2 nitrogen and oxygen atoms in total. The highest BCUT2D eigenvalue weighted by Crippen LogP contribution is 2.20. The van der Waals surface area contributed by atoms with E-state index in [-0.39, 0.29) is 5.69 Å². The molecule has 0 radical (unpaired) electrons. The van der Waals surface area contributed by atoms with Gasteiger partial charge >= 0.3 is 0 Å². The van der Waals surface area contributed by atoms with Gasteiger partial charge in [0, 0.05) is 12.4 Å². The molecule has 0 bridgehead atoms. The Labute approximate surface area is 73.2 Å². The second kappa shape index (κ2) is 2.97. The van der Waals surface area contributed by atoms with Crippen LogP contribution in [0.1, 0.15) is 0 Å². The molecule has 13 heavy (non-hydrogen) atoms. The second-order valence-corrected chi connectivity index (χ2v) is 2.54. The molecular formula is C9H6F2N2. The number of nitrogens with zero attached hydrogens (tertiary/aromatic N) is 1. The molecule has 2 aromatic rings. The number of aromatic nitrogens is 2. The average Bonchev–Trinajstić information content (AvgIpc) is 2.49. The summed E-state index contributed by atoms with van der Waals surface area (Å²) in [6.07, 6.45) is 2.49. The molecule has 0 spiro atoms. The highest BCUT2D eigenvalue weighted by Gasteiger charge is 2.12. The summed E-state index contributed by atoms with van der Waals surface area (Å²) in [5.41, 5.74) is 0.474. The number of H-pyrrole nitrogens is 1.